The molecule has 168 valence electrons. The summed E-state index contributed by atoms with van der Waals surface area (Å²) in [5.41, 5.74) is 4.61. The Kier molecular flexibility index (Phi) is 5.26. The molecule has 0 aliphatic carbocycles. The minimum atomic E-state index is -0.325. The Bertz CT molecular complexity index is 1440. The van der Waals surface area contributed by atoms with E-state index in [0.29, 0.717) is 5.69 Å². The first kappa shape index (κ1) is 20.5. The monoisotopic (exact) mass is 449 g/mol. The standard InChI is InChI=1S/C28H24FN5/c29-22-16-8-9-17-23(22)34-27(21-14-6-2-7-15-21)24-25(20-12-4-1-5-13-20)30-31-28(26(24)32-34)33-18-10-3-11-19-33/h1-2,4-9,12-17H,3,10-11,18-19H2. The van der Waals surface area contributed by atoms with Crippen molar-refractivity contribution in [2.45, 2.75) is 19.3 Å². The first-order valence-corrected chi connectivity index (χ1v) is 11.7. The van der Waals surface area contributed by atoms with Crippen LogP contribution in [0.3, 0.4) is 0 Å². The van der Waals surface area contributed by atoms with E-state index in [0.717, 1.165) is 65.2 Å². The minimum Gasteiger partial charge on any atom is -0.353 e. The lowest BCUT2D eigenvalue weighted by Gasteiger charge is -2.27. The molecule has 3 aromatic carbocycles. The molecule has 1 aliphatic heterocycles. The van der Waals surface area contributed by atoms with Crippen molar-refractivity contribution in [3.8, 4) is 28.2 Å². The molecule has 1 saturated heterocycles. The molecule has 5 aromatic rings. The molecule has 0 N–H and O–H groups in total. The Morgan fingerprint density at radius 2 is 1.32 bits per heavy atom. The van der Waals surface area contributed by atoms with Crippen LogP contribution in [-0.2, 0) is 0 Å². The smallest absolute Gasteiger partial charge is 0.179 e. The van der Waals surface area contributed by atoms with Crippen molar-refractivity contribution < 1.29 is 4.39 Å². The van der Waals surface area contributed by atoms with Crippen LogP contribution < -0.4 is 4.90 Å². The number of halogens is 1. The van der Waals surface area contributed by atoms with Crippen LogP contribution in [0, 0.1) is 5.82 Å². The van der Waals surface area contributed by atoms with Gasteiger partial charge in [0.05, 0.1) is 11.1 Å². The first-order chi connectivity index (χ1) is 16.8. The van der Waals surface area contributed by atoms with Crippen LogP contribution >= 0.6 is 0 Å². The SMILES string of the molecule is Fc1ccccc1-n1nc2c(N3CCCCC3)nnc(-c3ccccc3)c2c1-c1ccccc1. The quantitative estimate of drug-likeness (QED) is 0.324. The summed E-state index contributed by atoms with van der Waals surface area (Å²) < 4.78 is 16.8. The summed E-state index contributed by atoms with van der Waals surface area (Å²) in [4.78, 5) is 2.26. The summed E-state index contributed by atoms with van der Waals surface area (Å²) in [6, 6.07) is 26.8. The number of hydrogen-bond donors (Lipinski definition) is 0. The zero-order chi connectivity index (χ0) is 22.9. The molecule has 2 aromatic heterocycles. The van der Waals surface area contributed by atoms with Gasteiger partial charge in [-0.2, -0.15) is 5.10 Å². The zero-order valence-corrected chi connectivity index (χ0v) is 18.7. The molecule has 0 unspecified atom stereocenters. The fraction of sp³-hybridized carbons (Fsp3) is 0.179. The van der Waals surface area contributed by atoms with Gasteiger partial charge in [0.2, 0.25) is 0 Å². The largest absolute Gasteiger partial charge is 0.353 e. The Morgan fingerprint density at radius 3 is 2.03 bits per heavy atom. The first-order valence-electron chi connectivity index (χ1n) is 11.7. The van der Waals surface area contributed by atoms with Crippen molar-refractivity contribution in [2.75, 3.05) is 18.0 Å². The summed E-state index contributed by atoms with van der Waals surface area (Å²) in [7, 11) is 0. The summed E-state index contributed by atoms with van der Waals surface area (Å²) in [6.07, 6.45) is 3.44. The van der Waals surface area contributed by atoms with E-state index in [1.54, 1.807) is 16.8 Å². The van der Waals surface area contributed by atoms with Crippen molar-refractivity contribution in [3.05, 3.63) is 90.7 Å². The van der Waals surface area contributed by atoms with Crippen LogP contribution in [0.5, 0.6) is 0 Å². The van der Waals surface area contributed by atoms with E-state index < -0.39 is 0 Å². The number of nitrogens with zero attached hydrogens (tertiary/aromatic N) is 5. The second kappa shape index (κ2) is 8.71. The van der Waals surface area contributed by atoms with E-state index in [1.165, 1.54) is 12.5 Å². The number of aromatic nitrogens is 4. The number of fused-ring (bicyclic) bond motifs is 1. The number of piperidine rings is 1. The molecule has 6 heteroatoms. The van der Waals surface area contributed by atoms with E-state index in [9.17, 15) is 0 Å². The molecule has 0 spiro atoms. The van der Waals surface area contributed by atoms with Gasteiger partial charge in [0.1, 0.15) is 22.7 Å². The second-order valence-corrected chi connectivity index (χ2v) is 8.59. The van der Waals surface area contributed by atoms with Gasteiger partial charge in [0.15, 0.2) is 5.82 Å². The van der Waals surface area contributed by atoms with Gasteiger partial charge in [-0.15, -0.1) is 10.2 Å². The summed E-state index contributed by atoms with van der Waals surface area (Å²) in [5, 5.41) is 15.3. The predicted molar refractivity (Wildman–Crippen MR) is 134 cm³/mol. The molecule has 0 amide bonds. The fourth-order valence-electron chi connectivity index (χ4n) is 4.77. The molecule has 1 fully saturated rings. The predicted octanol–water partition coefficient (Wildman–Crippen LogP) is 6.28. The average molecular weight is 450 g/mol. The molecule has 0 saturated carbocycles. The van der Waals surface area contributed by atoms with E-state index in [2.05, 4.69) is 10.00 Å². The summed E-state index contributed by atoms with van der Waals surface area (Å²) in [6.45, 7) is 1.84. The number of anilines is 1. The average Bonchev–Trinajstić information content (AvgIpc) is 3.30. The molecule has 5 nitrogen and oxygen atoms in total. The number of rotatable bonds is 4. The van der Waals surface area contributed by atoms with Crippen molar-refractivity contribution in [1.29, 1.82) is 0 Å². The third kappa shape index (κ3) is 3.52. The Hall–Kier alpha value is -4.06. The summed E-state index contributed by atoms with van der Waals surface area (Å²) in [5.74, 6) is 0.441. The van der Waals surface area contributed by atoms with Crippen LogP contribution in [-0.4, -0.2) is 33.1 Å². The molecule has 0 radical (unpaired) electrons. The zero-order valence-electron chi connectivity index (χ0n) is 18.7. The molecular formula is C28H24FN5. The highest BCUT2D eigenvalue weighted by molar-refractivity contribution is 6.06. The van der Waals surface area contributed by atoms with Crippen molar-refractivity contribution in [2.24, 2.45) is 0 Å². The van der Waals surface area contributed by atoms with Gasteiger partial charge in [-0.3, -0.25) is 0 Å². The summed E-state index contributed by atoms with van der Waals surface area (Å²) >= 11 is 0. The van der Waals surface area contributed by atoms with Gasteiger partial charge in [-0.05, 0) is 31.4 Å². The third-order valence-corrected chi connectivity index (χ3v) is 6.41. The third-order valence-electron chi connectivity index (χ3n) is 6.41. The van der Waals surface area contributed by atoms with Gasteiger partial charge in [0.25, 0.3) is 0 Å². The molecule has 0 atom stereocenters. The van der Waals surface area contributed by atoms with Crippen LogP contribution in [0.2, 0.25) is 0 Å². The van der Waals surface area contributed by atoms with Gasteiger partial charge in [-0.25, -0.2) is 9.07 Å². The van der Waals surface area contributed by atoms with E-state index in [-0.39, 0.29) is 5.82 Å². The Labute approximate surface area is 197 Å². The van der Waals surface area contributed by atoms with E-state index in [1.807, 2.05) is 66.7 Å². The van der Waals surface area contributed by atoms with Gasteiger partial charge in [-0.1, -0.05) is 72.8 Å². The lowest BCUT2D eigenvalue weighted by Crippen LogP contribution is -2.30. The Balaban J connectivity index is 1.73. The second-order valence-electron chi connectivity index (χ2n) is 8.59. The highest BCUT2D eigenvalue weighted by atomic mass is 19.1. The maximum absolute atomic E-state index is 15.1. The molecule has 34 heavy (non-hydrogen) atoms. The van der Waals surface area contributed by atoms with Crippen LogP contribution in [0.1, 0.15) is 19.3 Å². The molecular weight excluding hydrogens is 425 g/mol. The highest BCUT2D eigenvalue weighted by Gasteiger charge is 2.26. The molecule has 1 aliphatic rings. The fourth-order valence-corrected chi connectivity index (χ4v) is 4.77. The maximum Gasteiger partial charge on any atom is 0.179 e. The topological polar surface area (TPSA) is 46.8 Å². The maximum atomic E-state index is 15.1. The lowest BCUT2D eigenvalue weighted by atomic mass is 10.0. The number of benzene rings is 3. The van der Waals surface area contributed by atoms with Crippen molar-refractivity contribution in [3.63, 3.8) is 0 Å². The number of para-hydroxylation sites is 1. The normalized spacial score (nSPS) is 14.0. The van der Waals surface area contributed by atoms with E-state index >= 15 is 4.39 Å². The van der Waals surface area contributed by atoms with Gasteiger partial charge in [0, 0.05) is 24.2 Å². The lowest BCUT2D eigenvalue weighted by molar-refractivity contribution is 0.572. The van der Waals surface area contributed by atoms with Crippen LogP contribution in [0.15, 0.2) is 84.9 Å². The highest BCUT2D eigenvalue weighted by Crippen LogP contribution is 2.40. The van der Waals surface area contributed by atoms with Gasteiger partial charge < -0.3 is 4.90 Å². The molecule has 6 rings (SSSR count). The Morgan fingerprint density at radius 1 is 0.676 bits per heavy atom. The van der Waals surface area contributed by atoms with Crippen molar-refractivity contribution >= 4 is 16.7 Å². The van der Waals surface area contributed by atoms with Gasteiger partial charge >= 0.3 is 0 Å². The van der Waals surface area contributed by atoms with Crippen molar-refractivity contribution in [1.82, 2.24) is 20.0 Å². The minimum absolute atomic E-state index is 0.325. The van der Waals surface area contributed by atoms with Crippen LogP contribution in [0.4, 0.5) is 10.2 Å². The molecule has 0 bridgehead atoms. The molecule has 3 heterocycles. The van der Waals surface area contributed by atoms with E-state index in [4.69, 9.17) is 10.2 Å². The van der Waals surface area contributed by atoms with Crippen LogP contribution in [0.25, 0.3) is 39.1 Å². The number of hydrogen-bond acceptors (Lipinski definition) is 4.